The van der Waals surface area contributed by atoms with Crippen LogP contribution in [0.2, 0.25) is 0 Å². The van der Waals surface area contributed by atoms with E-state index in [2.05, 4.69) is 53.3 Å². The number of hydrogen-bond acceptors (Lipinski definition) is 3. The zero-order chi connectivity index (χ0) is 16.5. The molecule has 0 bridgehead atoms. The molecule has 0 spiro atoms. The molecule has 0 aromatic heterocycles. The number of halogens is 1. The first-order chi connectivity index (χ1) is 11.2. The van der Waals surface area contributed by atoms with Crippen LogP contribution in [0.1, 0.15) is 30.9 Å². The number of aliphatic imine (C=N–C) groups is 1. The van der Waals surface area contributed by atoms with Gasteiger partial charge in [0.1, 0.15) is 5.69 Å². The highest BCUT2D eigenvalue weighted by atomic mass is 32.2. The van der Waals surface area contributed by atoms with Gasteiger partial charge >= 0.3 is 0 Å². The fraction of sp³-hybridized carbons (Fsp3) is 0.211. The van der Waals surface area contributed by atoms with Gasteiger partial charge in [-0.25, -0.2) is 4.39 Å². The summed E-state index contributed by atoms with van der Waals surface area (Å²) in [5.74, 6) is 6.69. The fourth-order valence-corrected chi connectivity index (χ4v) is 2.93. The van der Waals surface area contributed by atoms with Crippen molar-refractivity contribution in [1.29, 1.82) is 0 Å². The van der Waals surface area contributed by atoms with Gasteiger partial charge in [-0.1, -0.05) is 25.2 Å². The predicted molar refractivity (Wildman–Crippen MR) is 99.1 cm³/mol. The van der Waals surface area contributed by atoms with Crippen LogP contribution in [0, 0.1) is 17.7 Å². The van der Waals surface area contributed by atoms with Gasteiger partial charge in [0.2, 0.25) is 0 Å². The van der Waals surface area contributed by atoms with Gasteiger partial charge < -0.3 is 0 Å². The largest absolute Gasteiger partial charge is 0.205 e. The summed E-state index contributed by atoms with van der Waals surface area (Å²) in [6.07, 6.45) is 2.43. The minimum Gasteiger partial charge on any atom is -0.205 e. The molecular formula is C19H16FNS2. The molecule has 1 nitrogen and oxygen atoms in total. The molecule has 0 unspecified atom stereocenters. The summed E-state index contributed by atoms with van der Waals surface area (Å²) in [5.41, 5.74) is 1.69. The molecule has 0 atom stereocenters. The normalized spacial score (nSPS) is 9.65. The Hall–Kier alpha value is -1.92. The van der Waals surface area contributed by atoms with Crippen molar-refractivity contribution in [2.75, 3.05) is 5.75 Å². The Kier molecular flexibility index (Phi) is 7.03. The van der Waals surface area contributed by atoms with Crippen LogP contribution >= 0.6 is 24.0 Å². The molecule has 116 valence electrons. The number of nitrogens with zero attached hydrogens (tertiary/aromatic N) is 1. The summed E-state index contributed by atoms with van der Waals surface area (Å²) in [6, 6.07) is 12.7. The minimum atomic E-state index is -0.447. The lowest BCUT2D eigenvalue weighted by atomic mass is 10.1. The maximum absolute atomic E-state index is 13.7. The fourth-order valence-electron chi connectivity index (χ4n) is 1.84. The number of benzene rings is 2. The molecule has 23 heavy (non-hydrogen) atoms. The van der Waals surface area contributed by atoms with Crippen LogP contribution < -0.4 is 0 Å². The Morgan fingerprint density at radius 1 is 1.09 bits per heavy atom. The highest BCUT2D eigenvalue weighted by Gasteiger charge is 2.00. The quantitative estimate of drug-likeness (QED) is 0.222. The maximum Gasteiger partial charge on any atom is 0.150 e. The Labute approximate surface area is 146 Å². The maximum atomic E-state index is 13.7. The van der Waals surface area contributed by atoms with Gasteiger partial charge in [-0.2, -0.15) is 4.99 Å². The second kappa shape index (κ2) is 9.27. The first kappa shape index (κ1) is 17.4. The Balaban J connectivity index is 2.06. The van der Waals surface area contributed by atoms with Crippen molar-refractivity contribution in [3.63, 3.8) is 0 Å². The molecule has 0 aliphatic carbocycles. The van der Waals surface area contributed by atoms with Gasteiger partial charge in [-0.05, 0) is 66.9 Å². The summed E-state index contributed by atoms with van der Waals surface area (Å²) in [7, 11) is 0. The third-order valence-electron chi connectivity index (χ3n) is 3.09. The van der Waals surface area contributed by atoms with Crippen molar-refractivity contribution in [3.8, 4) is 11.8 Å². The summed E-state index contributed by atoms with van der Waals surface area (Å²) < 4.78 is 13.7. The predicted octanol–water partition coefficient (Wildman–Crippen LogP) is 5.85. The highest BCUT2D eigenvalue weighted by molar-refractivity contribution is 7.99. The van der Waals surface area contributed by atoms with Crippen molar-refractivity contribution < 1.29 is 4.39 Å². The van der Waals surface area contributed by atoms with E-state index < -0.39 is 5.82 Å². The zero-order valence-corrected chi connectivity index (χ0v) is 14.4. The van der Waals surface area contributed by atoms with E-state index in [1.807, 2.05) is 23.9 Å². The topological polar surface area (TPSA) is 12.4 Å². The lowest BCUT2D eigenvalue weighted by Gasteiger charge is -2.00. The van der Waals surface area contributed by atoms with Crippen LogP contribution in [-0.4, -0.2) is 10.9 Å². The zero-order valence-electron chi connectivity index (χ0n) is 12.8. The number of hydrogen-bond donors (Lipinski definition) is 0. The smallest absolute Gasteiger partial charge is 0.150 e. The molecule has 0 amide bonds. The van der Waals surface area contributed by atoms with Crippen molar-refractivity contribution >= 4 is 34.8 Å². The average Bonchev–Trinajstić information content (AvgIpc) is 2.57. The van der Waals surface area contributed by atoms with E-state index in [-0.39, 0.29) is 5.69 Å². The number of unbranched alkanes of at least 4 members (excludes halogenated alkanes) is 1. The van der Waals surface area contributed by atoms with Crippen LogP contribution in [-0.2, 0) is 0 Å². The Morgan fingerprint density at radius 3 is 2.43 bits per heavy atom. The van der Waals surface area contributed by atoms with E-state index in [4.69, 9.17) is 0 Å². The van der Waals surface area contributed by atoms with Crippen LogP contribution in [0.4, 0.5) is 10.1 Å². The van der Waals surface area contributed by atoms with E-state index in [0.717, 1.165) is 11.3 Å². The van der Waals surface area contributed by atoms with Crippen molar-refractivity contribution in [1.82, 2.24) is 0 Å². The molecule has 2 aromatic carbocycles. The molecule has 0 aliphatic heterocycles. The summed E-state index contributed by atoms with van der Waals surface area (Å²) in [6.45, 7) is 2.19. The molecule has 0 fully saturated rings. The lowest BCUT2D eigenvalue weighted by Crippen LogP contribution is -1.81. The van der Waals surface area contributed by atoms with Crippen LogP contribution in [0.25, 0.3) is 0 Å². The van der Waals surface area contributed by atoms with E-state index in [1.165, 1.54) is 23.8 Å². The summed E-state index contributed by atoms with van der Waals surface area (Å²) in [5, 5.41) is 2.16. The standard InChI is InChI=1S/C19H16FNS2/c1-2-3-12-23-17-9-6-15(7-10-17)4-5-16-8-11-19(21-14-22)18(20)13-16/h6-11,13H,2-3,12H2,1H3. The van der Waals surface area contributed by atoms with Gasteiger partial charge in [0, 0.05) is 16.0 Å². The Morgan fingerprint density at radius 2 is 1.78 bits per heavy atom. The van der Waals surface area contributed by atoms with Gasteiger partial charge in [-0.15, -0.1) is 11.8 Å². The van der Waals surface area contributed by atoms with Crippen molar-refractivity contribution in [3.05, 3.63) is 59.4 Å². The number of rotatable bonds is 5. The first-order valence-corrected chi connectivity index (χ1v) is 8.74. The molecule has 0 N–H and O–H groups in total. The lowest BCUT2D eigenvalue weighted by molar-refractivity contribution is 0.629. The molecule has 4 heteroatoms. The van der Waals surface area contributed by atoms with Gasteiger partial charge in [0.15, 0.2) is 5.82 Å². The average molecular weight is 341 g/mol. The SMILES string of the molecule is CCCCSc1ccc(C#Cc2ccc(N=C=S)c(F)c2)cc1. The summed E-state index contributed by atoms with van der Waals surface area (Å²) >= 11 is 6.33. The van der Waals surface area contributed by atoms with Gasteiger partial charge in [0.25, 0.3) is 0 Å². The molecular weight excluding hydrogens is 325 g/mol. The first-order valence-electron chi connectivity index (χ1n) is 7.35. The van der Waals surface area contributed by atoms with Crippen LogP contribution in [0.15, 0.2) is 52.4 Å². The molecule has 0 saturated heterocycles. The monoisotopic (exact) mass is 341 g/mol. The van der Waals surface area contributed by atoms with Crippen molar-refractivity contribution in [2.24, 2.45) is 4.99 Å². The molecule has 0 radical (unpaired) electrons. The molecule has 0 heterocycles. The second-order valence-electron chi connectivity index (χ2n) is 4.85. The van der Waals surface area contributed by atoms with E-state index >= 15 is 0 Å². The van der Waals surface area contributed by atoms with Crippen LogP contribution in [0.5, 0.6) is 0 Å². The number of thiocarbonyl (C=S) groups is 1. The van der Waals surface area contributed by atoms with Crippen LogP contribution in [0.3, 0.4) is 0 Å². The van der Waals surface area contributed by atoms with E-state index in [9.17, 15) is 4.39 Å². The minimum absolute atomic E-state index is 0.180. The second-order valence-corrected chi connectivity index (χ2v) is 6.20. The van der Waals surface area contributed by atoms with Crippen molar-refractivity contribution in [2.45, 2.75) is 24.7 Å². The molecule has 2 aromatic rings. The number of isothiocyanates is 1. The molecule has 2 rings (SSSR count). The third kappa shape index (κ3) is 5.65. The van der Waals surface area contributed by atoms with Gasteiger partial charge in [-0.3, -0.25) is 0 Å². The molecule has 0 saturated carbocycles. The highest BCUT2D eigenvalue weighted by Crippen LogP contribution is 2.20. The third-order valence-corrected chi connectivity index (χ3v) is 4.28. The number of thioether (sulfide) groups is 1. The van der Waals surface area contributed by atoms with E-state index in [1.54, 1.807) is 12.1 Å². The summed E-state index contributed by atoms with van der Waals surface area (Å²) in [4.78, 5) is 4.89. The molecule has 0 aliphatic rings. The van der Waals surface area contributed by atoms with E-state index in [0.29, 0.717) is 5.56 Å². The Bertz CT molecular complexity index is 766. The van der Waals surface area contributed by atoms with Gasteiger partial charge in [0.05, 0.1) is 5.16 Å².